The molecule has 2 aromatic rings. The molecule has 7 nitrogen and oxygen atoms in total. The summed E-state index contributed by atoms with van der Waals surface area (Å²) in [7, 11) is 0. The Balaban J connectivity index is 1.73. The topological polar surface area (TPSA) is 67.8 Å². The number of halogens is 5. The first kappa shape index (κ1) is 25.5. The van der Waals surface area contributed by atoms with Crippen molar-refractivity contribution in [2.75, 3.05) is 24.6 Å². The van der Waals surface area contributed by atoms with Crippen LogP contribution in [0.5, 0.6) is 6.01 Å². The van der Waals surface area contributed by atoms with E-state index >= 15 is 4.39 Å². The number of anilines is 1. The number of hydrogen-bond donors (Lipinski definition) is 0. The molecule has 0 spiro atoms. The van der Waals surface area contributed by atoms with Gasteiger partial charge in [0.1, 0.15) is 16.9 Å². The zero-order chi connectivity index (χ0) is 25.7. The first-order valence-corrected chi connectivity index (χ1v) is 11.8. The van der Waals surface area contributed by atoms with E-state index in [1.54, 1.807) is 31.7 Å². The quantitative estimate of drug-likeness (QED) is 0.446. The van der Waals surface area contributed by atoms with Crippen molar-refractivity contribution >= 4 is 44.8 Å². The average molecular weight is 561 g/mol. The predicted octanol–water partition coefficient (Wildman–Crippen LogP) is 5.70. The fourth-order valence-electron chi connectivity index (χ4n) is 4.48. The van der Waals surface area contributed by atoms with Gasteiger partial charge in [-0.3, -0.25) is 4.90 Å². The summed E-state index contributed by atoms with van der Waals surface area (Å²) in [5, 5.41) is 0.310. The van der Waals surface area contributed by atoms with E-state index < -0.39 is 36.3 Å². The van der Waals surface area contributed by atoms with Gasteiger partial charge in [0, 0.05) is 18.5 Å². The number of hydrogen-bond acceptors (Lipinski definition) is 6. The molecule has 2 atom stereocenters. The predicted molar refractivity (Wildman–Crippen MR) is 126 cm³/mol. The van der Waals surface area contributed by atoms with Crippen molar-refractivity contribution in [3.63, 3.8) is 0 Å². The van der Waals surface area contributed by atoms with Crippen LogP contribution in [0.3, 0.4) is 0 Å². The second-order valence-corrected chi connectivity index (χ2v) is 10.4. The minimum absolute atomic E-state index is 0.0845. The number of alkyl halides is 3. The molecular formula is C23H25BrF4N4O3. The molecule has 2 aliphatic rings. The smallest absolute Gasteiger partial charge is 0.422 e. The van der Waals surface area contributed by atoms with E-state index in [2.05, 4.69) is 32.5 Å². The number of amides is 1. The Morgan fingerprint density at radius 1 is 1.23 bits per heavy atom. The van der Waals surface area contributed by atoms with Gasteiger partial charge in [0.2, 0.25) is 0 Å². The number of nitrogens with zero attached hydrogens (tertiary/aromatic N) is 4. The van der Waals surface area contributed by atoms with Gasteiger partial charge in [0.15, 0.2) is 12.4 Å². The maximum atomic E-state index is 15.2. The van der Waals surface area contributed by atoms with Crippen LogP contribution < -0.4 is 9.64 Å². The Kier molecular flexibility index (Phi) is 6.62. The number of benzene rings is 1. The van der Waals surface area contributed by atoms with Gasteiger partial charge in [0.05, 0.1) is 16.6 Å². The number of carbonyl (C=O) groups is 1. The van der Waals surface area contributed by atoms with Crippen LogP contribution in [-0.4, -0.2) is 64.5 Å². The van der Waals surface area contributed by atoms with Gasteiger partial charge < -0.3 is 14.4 Å². The molecule has 2 bridgehead atoms. The molecule has 1 amide bonds. The summed E-state index contributed by atoms with van der Waals surface area (Å²) in [4.78, 5) is 24.5. The highest BCUT2D eigenvalue weighted by atomic mass is 79.9. The van der Waals surface area contributed by atoms with Gasteiger partial charge in [-0.1, -0.05) is 12.7 Å². The third kappa shape index (κ3) is 5.31. The fourth-order valence-corrected chi connectivity index (χ4v) is 4.94. The average Bonchev–Trinajstić information content (AvgIpc) is 3.02. The Morgan fingerprint density at radius 2 is 1.86 bits per heavy atom. The zero-order valence-corrected chi connectivity index (χ0v) is 21.0. The molecule has 3 heterocycles. The SMILES string of the molecule is C=Cc1cc2c(N3C[C@H]4CC[C@@H](C3)N4C(=O)OC(C)(C)C)nc(OCC(F)(F)F)nc2c(F)c1Br. The Labute approximate surface area is 208 Å². The lowest BCUT2D eigenvalue weighted by molar-refractivity contribution is -0.154. The van der Waals surface area contributed by atoms with E-state index in [0.29, 0.717) is 24.0 Å². The highest BCUT2D eigenvalue weighted by Crippen LogP contribution is 2.38. The third-order valence-corrected chi connectivity index (χ3v) is 6.64. The molecule has 1 aromatic carbocycles. The summed E-state index contributed by atoms with van der Waals surface area (Å²) in [5.74, 6) is -0.518. The lowest BCUT2D eigenvalue weighted by Gasteiger charge is -2.42. The molecular weight excluding hydrogens is 536 g/mol. The van der Waals surface area contributed by atoms with Crippen LogP contribution in [-0.2, 0) is 4.74 Å². The number of piperazine rings is 1. The van der Waals surface area contributed by atoms with Gasteiger partial charge in [-0.2, -0.15) is 23.1 Å². The normalized spacial score (nSPS) is 20.3. The molecule has 190 valence electrons. The molecule has 0 unspecified atom stereocenters. The Bertz CT molecular complexity index is 1150. The number of rotatable bonds is 4. The minimum Gasteiger partial charge on any atom is -0.454 e. The molecule has 0 radical (unpaired) electrons. The Hall–Kier alpha value is -2.63. The van der Waals surface area contributed by atoms with Gasteiger partial charge >= 0.3 is 18.3 Å². The summed E-state index contributed by atoms with van der Waals surface area (Å²) in [6.07, 6.45) is -2.09. The summed E-state index contributed by atoms with van der Waals surface area (Å²) >= 11 is 3.16. The maximum Gasteiger partial charge on any atom is 0.422 e. The summed E-state index contributed by atoms with van der Waals surface area (Å²) in [5.41, 5.74) is -0.376. The largest absolute Gasteiger partial charge is 0.454 e. The molecule has 2 aliphatic heterocycles. The van der Waals surface area contributed by atoms with Crippen molar-refractivity contribution < 1.29 is 31.8 Å². The van der Waals surface area contributed by atoms with E-state index in [1.807, 2.05) is 4.90 Å². The Morgan fingerprint density at radius 3 is 2.40 bits per heavy atom. The van der Waals surface area contributed by atoms with Crippen LogP contribution in [0.25, 0.3) is 17.0 Å². The van der Waals surface area contributed by atoms with Crippen molar-refractivity contribution in [2.45, 2.75) is 57.5 Å². The molecule has 2 saturated heterocycles. The standard InChI is InChI=1S/C23H25BrF4N4O3/c1-5-12-8-15-18(17(25)16(12)24)29-20(34-11-23(26,27)28)30-19(15)31-9-13-6-7-14(10-31)32(13)21(33)35-22(2,3)4/h5,8,13-14H,1,6-7,9-11H2,2-4H3/t13-,14+. The van der Waals surface area contributed by atoms with Gasteiger partial charge in [0.25, 0.3) is 0 Å². The molecule has 0 saturated carbocycles. The van der Waals surface area contributed by atoms with Crippen molar-refractivity contribution in [3.8, 4) is 6.01 Å². The number of ether oxygens (including phenoxy) is 2. The molecule has 4 rings (SSSR count). The second kappa shape index (κ2) is 9.11. The number of aromatic nitrogens is 2. The molecule has 0 N–H and O–H groups in total. The van der Waals surface area contributed by atoms with Crippen molar-refractivity contribution in [2.24, 2.45) is 0 Å². The van der Waals surface area contributed by atoms with E-state index in [1.165, 1.54) is 6.08 Å². The third-order valence-electron chi connectivity index (χ3n) is 5.83. The van der Waals surface area contributed by atoms with Crippen LogP contribution in [0.4, 0.5) is 28.2 Å². The van der Waals surface area contributed by atoms with Crippen molar-refractivity contribution in [3.05, 3.63) is 28.5 Å². The summed E-state index contributed by atoms with van der Waals surface area (Å²) in [6, 6.07) is 0.670. The summed E-state index contributed by atoms with van der Waals surface area (Å²) in [6.45, 7) is 8.16. The molecule has 35 heavy (non-hydrogen) atoms. The first-order chi connectivity index (χ1) is 16.3. The van der Waals surface area contributed by atoms with Gasteiger partial charge in [-0.25, -0.2) is 9.18 Å². The lowest BCUT2D eigenvalue weighted by Crippen LogP contribution is -2.57. The van der Waals surface area contributed by atoms with Crippen molar-refractivity contribution in [1.82, 2.24) is 14.9 Å². The molecule has 1 aromatic heterocycles. The van der Waals surface area contributed by atoms with Gasteiger partial charge in [-0.05, 0) is 61.2 Å². The van der Waals surface area contributed by atoms with Gasteiger partial charge in [-0.15, -0.1) is 0 Å². The second-order valence-electron chi connectivity index (χ2n) is 9.61. The summed E-state index contributed by atoms with van der Waals surface area (Å²) < 4.78 is 63.9. The maximum absolute atomic E-state index is 15.2. The van der Waals surface area contributed by atoms with Crippen LogP contribution in [0.2, 0.25) is 0 Å². The number of carbonyl (C=O) groups excluding carboxylic acids is 1. The molecule has 2 fully saturated rings. The number of fused-ring (bicyclic) bond motifs is 3. The minimum atomic E-state index is -4.61. The zero-order valence-electron chi connectivity index (χ0n) is 19.5. The first-order valence-electron chi connectivity index (χ1n) is 11.1. The van der Waals surface area contributed by atoms with Crippen LogP contribution >= 0.6 is 15.9 Å². The molecule has 0 aliphatic carbocycles. The van der Waals surface area contributed by atoms with E-state index in [9.17, 15) is 18.0 Å². The van der Waals surface area contributed by atoms with E-state index in [4.69, 9.17) is 9.47 Å². The lowest BCUT2D eigenvalue weighted by atomic mass is 10.1. The van der Waals surface area contributed by atoms with E-state index in [-0.39, 0.29) is 27.9 Å². The molecule has 12 heteroatoms. The highest BCUT2D eigenvalue weighted by Gasteiger charge is 2.45. The van der Waals surface area contributed by atoms with Crippen molar-refractivity contribution in [1.29, 1.82) is 0 Å². The van der Waals surface area contributed by atoms with Crippen LogP contribution in [0, 0.1) is 5.82 Å². The van der Waals surface area contributed by atoms with E-state index in [0.717, 1.165) is 12.8 Å². The fraction of sp³-hybridized carbons (Fsp3) is 0.522. The van der Waals surface area contributed by atoms with Crippen LogP contribution in [0.1, 0.15) is 39.2 Å². The highest BCUT2D eigenvalue weighted by molar-refractivity contribution is 9.10. The monoisotopic (exact) mass is 560 g/mol. The van der Waals surface area contributed by atoms with Crippen LogP contribution in [0.15, 0.2) is 17.1 Å².